The Balaban J connectivity index is 1.23. The molecule has 1 aromatic heterocycles. The first-order chi connectivity index (χ1) is 17.3. The van der Waals surface area contributed by atoms with Gasteiger partial charge in [-0.05, 0) is 45.3 Å². The molecule has 1 saturated carbocycles. The number of hydrogen-bond acceptors (Lipinski definition) is 7. The summed E-state index contributed by atoms with van der Waals surface area (Å²) in [5.74, 6) is 0.333. The van der Waals surface area contributed by atoms with Crippen LogP contribution in [0.1, 0.15) is 31.2 Å². The van der Waals surface area contributed by atoms with Gasteiger partial charge in [0, 0.05) is 31.7 Å². The van der Waals surface area contributed by atoms with Gasteiger partial charge in [0.1, 0.15) is 0 Å². The number of aromatic nitrogens is 2. The van der Waals surface area contributed by atoms with Crippen LogP contribution >= 0.6 is 0 Å². The van der Waals surface area contributed by atoms with Crippen LogP contribution in [0.5, 0.6) is 0 Å². The first-order valence-electron chi connectivity index (χ1n) is 12.7. The monoisotopic (exact) mass is 492 g/mol. The van der Waals surface area contributed by atoms with Crippen molar-refractivity contribution in [3.63, 3.8) is 0 Å². The Morgan fingerprint density at radius 2 is 1.67 bits per heavy atom. The number of nitrogens with one attached hydrogen (secondary N) is 1. The predicted molar refractivity (Wildman–Crippen MR) is 139 cm³/mol. The number of carbonyl (C=O) groups is 2. The van der Waals surface area contributed by atoms with Crippen molar-refractivity contribution >= 4 is 23.6 Å². The lowest BCUT2D eigenvalue weighted by atomic mass is 9.69. The molecule has 2 aliphatic heterocycles. The van der Waals surface area contributed by atoms with Gasteiger partial charge in [-0.2, -0.15) is 0 Å². The number of primary amides is 1. The molecule has 10 heteroatoms. The second-order valence-electron chi connectivity index (χ2n) is 10.6. The first kappa shape index (κ1) is 24.5. The summed E-state index contributed by atoms with van der Waals surface area (Å²) >= 11 is 0. The van der Waals surface area contributed by atoms with E-state index in [0.717, 1.165) is 51.9 Å². The molecule has 0 unspecified atom stereocenters. The number of urea groups is 1. The molecule has 36 heavy (non-hydrogen) atoms. The topological polar surface area (TPSA) is 111 Å². The van der Waals surface area contributed by atoms with Crippen LogP contribution in [0, 0.1) is 0 Å². The summed E-state index contributed by atoms with van der Waals surface area (Å²) in [5, 5.41) is 3.30. The molecule has 3 amide bonds. The quantitative estimate of drug-likeness (QED) is 0.627. The van der Waals surface area contributed by atoms with E-state index in [4.69, 9.17) is 5.73 Å². The molecule has 5 rings (SSSR count). The van der Waals surface area contributed by atoms with Crippen LogP contribution in [0.3, 0.4) is 0 Å². The molecular weight excluding hydrogens is 456 g/mol. The number of anilines is 2. The number of carbonyl (C=O) groups excluding carboxylic acids is 2. The molecule has 10 nitrogen and oxygen atoms in total. The minimum atomic E-state index is -0.309. The number of nitrogens with zero attached hydrogens (tertiary/aromatic N) is 6. The van der Waals surface area contributed by atoms with E-state index in [1.54, 1.807) is 17.3 Å². The molecule has 192 valence electrons. The van der Waals surface area contributed by atoms with E-state index in [0.29, 0.717) is 18.2 Å². The van der Waals surface area contributed by atoms with Gasteiger partial charge in [0.05, 0.1) is 36.7 Å². The zero-order valence-electron chi connectivity index (χ0n) is 21.2. The highest BCUT2D eigenvalue weighted by atomic mass is 16.2. The molecule has 3 N–H and O–H groups in total. The van der Waals surface area contributed by atoms with Crippen molar-refractivity contribution in [3.8, 4) is 0 Å². The fraction of sp³-hybridized carbons (Fsp3) is 0.538. The first-order valence-corrected chi connectivity index (χ1v) is 12.7. The number of rotatable bonds is 6. The molecule has 0 atom stereocenters. The third-order valence-corrected chi connectivity index (χ3v) is 8.25. The molecule has 1 spiro atoms. The Morgan fingerprint density at radius 1 is 1.03 bits per heavy atom. The maximum absolute atomic E-state index is 13.0. The van der Waals surface area contributed by atoms with Crippen molar-refractivity contribution in [3.05, 3.63) is 48.3 Å². The second-order valence-corrected chi connectivity index (χ2v) is 10.6. The molecule has 2 saturated heterocycles. The minimum Gasteiger partial charge on any atom is -0.369 e. The molecule has 3 aliphatic rings. The van der Waals surface area contributed by atoms with Gasteiger partial charge in [0.15, 0.2) is 0 Å². The van der Waals surface area contributed by atoms with Gasteiger partial charge in [-0.3, -0.25) is 19.5 Å². The zero-order chi connectivity index (χ0) is 25.3. The van der Waals surface area contributed by atoms with Gasteiger partial charge in [0.25, 0.3) is 0 Å². The lowest BCUT2D eigenvalue weighted by molar-refractivity contribution is -0.119. The fourth-order valence-electron chi connectivity index (χ4n) is 6.03. The maximum atomic E-state index is 13.0. The van der Waals surface area contributed by atoms with Crippen LogP contribution in [0.2, 0.25) is 0 Å². The highest BCUT2D eigenvalue weighted by Crippen LogP contribution is 2.46. The van der Waals surface area contributed by atoms with E-state index >= 15 is 0 Å². The van der Waals surface area contributed by atoms with Gasteiger partial charge >= 0.3 is 6.03 Å². The SMILES string of the molecule is CN(C)[C@]1(c2ccccc2)CC[C@@]2(CC1)CN(c1cnc(N3CCN(CC(N)=O)CC3)nc1)C(=O)N2. The van der Waals surface area contributed by atoms with Gasteiger partial charge in [-0.25, -0.2) is 14.8 Å². The van der Waals surface area contributed by atoms with Crippen LogP contribution in [0.15, 0.2) is 42.7 Å². The number of benzene rings is 1. The van der Waals surface area contributed by atoms with E-state index in [-0.39, 0.29) is 29.6 Å². The Labute approximate surface area is 212 Å². The highest BCUT2D eigenvalue weighted by molar-refractivity contribution is 5.95. The van der Waals surface area contributed by atoms with Crippen molar-refractivity contribution in [2.45, 2.75) is 36.8 Å². The Hall–Kier alpha value is -3.24. The zero-order valence-corrected chi connectivity index (χ0v) is 21.2. The number of amides is 3. The standard InChI is InChI=1S/C26H36N8O2/c1-31(2)26(20-6-4-3-5-7-20)10-8-25(9-11-26)19-34(24(36)30-25)21-16-28-23(29-17-21)33-14-12-32(13-15-33)18-22(27)35/h3-7,16-17H,8-15,18-19H2,1-2H3,(H2,27,35)(H,30,36)/t25-,26-. The summed E-state index contributed by atoms with van der Waals surface area (Å²) in [5.41, 5.74) is 7.10. The van der Waals surface area contributed by atoms with Crippen molar-refractivity contribution in [1.82, 2.24) is 25.1 Å². The van der Waals surface area contributed by atoms with Crippen LogP contribution in [0.4, 0.5) is 16.4 Å². The minimum absolute atomic E-state index is 0.0170. The third kappa shape index (κ3) is 4.62. The molecular formula is C26H36N8O2. The molecule has 0 bridgehead atoms. The van der Waals surface area contributed by atoms with Crippen LogP contribution in [-0.4, -0.2) is 90.6 Å². The maximum Gasteiger partial charge on any atom is 0.322 e. The smallest absolute Gasteiger partial charge is 0.322 e. The van der Waals surface area contributed by atoms with Crippen molar-refractivity contribution < 1.29 is 9.59 Å². The average Bonchev–Trinajstić information content (AvgIpc) is 3.21. The number of piperazine rings is 1. The second kappa shape index (κ2) is 9.67. The van der Waals surface area contributed by atoms with Gasteiger partial charge < -0.3 is 16.0 Å². The third-order valence-electron chi connectivity index (χ3n) is 8.25. The van der Waals surface area contributed by atoms with Gasteiger partial charge in [-0.1, -0.05) is 30.3 Å². The van der Waals surface area contributed by atoms with E-state index in [2.05, 4.69) is 69.5 Å². The van der Waals surface area contributed by atoms with E-state index in [1.165, 1.54) is 5.56 Å². The summed E-state index contributed by atoms with van der Waals surface area (Å²) in [6.07, 6.45) is 7.28. The van der Waals surface area contributed by atoms with Gasteiger partial charge in [-0.15, -0.1) is 0 Å². The number of nitrogens with two attached hydrogens (primary N) is 1. The largest absolute Gasteiger partial charge is 0.369 e. The Kier molecular flexibility index (Phi) is 6.57. The Morgan fingerprint density at radius 3 is 2.25 bits per heavy atom. The van der Waals surface area contributed by atoms with E-state index in [9.17, 15) is 9.59 Å². The number of hydrogen-bond donors (Lipinski definition) is 2. The van der Waals surface area contributed by atoms with Crippen LogP contribution in [-0.2, 0) is 10.3 Å². The molecule has 0 radical (unpaired) electrons. The lowest BCUT2D eigenvalue weighted by Gasteiger charge is -2.48. The van der Waals surface area contributed by atoms with Gasteiger partial charge in [0.2, 0.25) is 11.9 Å². The summed E-state index contributed by atoms with van der Waals surface area (Å²) in [7, 11) is 4.31. The van der Waals surface area contributed by atoms with Crippen LogP contribution in [0.25, 0.3) is 0 Å². The molecule has 1 aliphatic carbocycles. The highest BCUT2D eigenvalue weighted by Gasteiger charge is 2.50. The average molecular weight is 493 g/mol. The molecule has 3 heterocycles. The van der Waals surface area contributed by atoms with E-state index < -0.39 is 0 Å². The van der Waals surface area contributed by atoms with Crippen LogP contribution < -0.4 is 20.9 Å². The van der Waals surface area contributed by atoms with Crippen molar-refractivity contribution in [1.29, 1.82) is 0 Å². The molecule has 3 fully saturated rings. The lowest BCUT2D eigenvalue weighted by Crippen LogP contribution is -2.54. The van der Waals surface area contributed by atoms with Crippen molar-refractivity contribution in [2.75, 3.05) is 63.2 Å². The molecule has 2 aromatic rings. The predicted octanol–water partition coefficient (Wildman–Crippen LogP) is 1.38. The van der Waals surface area contributed by atoms with E-state index in [1.807, 2.05) is 4.90 Å². The normalized spacial score (nSPS) is 27.0. The fourth-order valence-corrected chi connectivity index (χ4v) is 6.03. The Bertz CT molecular complexity index is 1070. The summed E-state index contributed by atoms with van der Waals surface area (Å²) in [6.45, 7) is 3.84. The summed E-state index contributed by atoms with van der Waals surface area (Å²) in [6, 6.07) is 10.6. The molecule has 1 aromatic carbocycles. The van der Waals surface area contributed by atoms with Crippen molar-refractivity contribution in [2.24, 2.45) is 5.73 Å². The summed E-state index contributed by atoms with van der Waals surface area (Å²) in [4.78, 5) is 41.5. The summed E-state index contributed by atoms with van der Waals surface area (Å²) < 4.78 is 0.